The normalized spacial score (nSPS) is 19.5. The first kappa shape index (κ1) is 20.5. The number of esters is 1. The second-order valence-corrected chi connectivity index (χ2v) is 8.31. The quantitative estimate of drug-likeness (QED) is 0.674. The fourth-order valence-corrected chi connectivity index (χ4v) is 4.25. The lowest BCUT2D eigenvalue weighted by Gasteiger charge is -2.38. The van der Waals surface area contributed by atoms with Gasteiger partial charge in [-0.05, 0) is 37.0 Å². The van der Waals surface area contributed by atoms with Crippen LogP contribution in [0.4, 0.5) is 0 Å². The number of amides is 1. The molecular formula is C21H26N2O4S. The minimum Gasteiger partial charge on any atom is -0.494 e. The lowest BCUT2D eigenvalue weighted by atomic mass is 9.94. The van der Waals surface area contributed by atoms with E-state index in [2.05, 4.69) is 18.8 Å². The van der Waals surface area contributed by atoms with E-state index in [1.165, 1.54) is 18.9 Å². The van der Waals surface area contributed by atoms with Crippen LogP contribution in [0.25, 0.3) is 0 Å². The molecule has 1 saturated heterocycles. The Hall–Kier alpha value is -2.28. The van der Waals surface area contributed by atoms with Gasteiger partial charge in [0.2, 0.25) is 5.91 Å². The summed E-state index contributed by atoms with van der Waals surface area (Å²) in [5, 5.41) is 0.642. The zero-order chi connectivity index (χ0) is 20.3. The number of allylic oxidation sites excluding steroid dienone is 1. The predicted octanol–water partition coefficient (Wildman–Crippen LogP) is 3.93. The Bertz CT molecular complexity index is 814. The highest BCUT2D eigenvalue weighted by Gasteiger charge is 2.41. The van der Waals surface area contributed by atoms with Crippen LogP contribution in [-0.2, 0) is 14.3 Å². The van der Waals surface area contributed by atoms with E-state index in [1.54, 1.807) is 11.8 Å². The molecule has 1 aromatic rings. The first-order valence-electron chi connectivity index (χ1n) is 9.47. The lowest BCUT2D eigenvalue weighted by Crippen LogP contribution is -2.45. The molecule has 7 heteroatoms. The van der Waals surface area contributed by atoms with Gasteiger partial charge in [0.25, 0.3) is 0 Å². The SMILES string of the molecule is COC(=O)C1=C(C)N=C2SCCC(=O)N2C1c1ccc(OCCC(C)C)cc1. The standard InChI is InChI=1S/C21H26N2O4S/c1-13(2)9-11-27-16-7-5-15(6-8-16)19-18(20(25)26-4)14(3)22-21-23(19)17(24)10-12-28-21/h5-8,13,19H,9-12H2,1-4H3. The number of amidine groups is 1. The van der Waals surface area contributed by atoms with E-state index in [0.717, 1.165) is 17.7 Å². The second kappa shape index (κ2) is 8.82. The van der Waals surface area contributed by atoms with Gasteiger partial charge in [-0.2, -0.15) is 0 Å². The molecule has 0 bridgehead atoms. The topological polar surface area (TPSA) is 68.2 Å². The van der Waals surface area contributed by atoms with E-state index in [1.807, 2.05) is 24.3 Å². The first-order valence-corrected chi connectivity index (χ1v) is 10.5. The summed E-state index contributed by atoms with van der Waals surface area (Å²) in [4.78, 5) is 31.3. The maximum atomic E-state index is 12.7. The maximum absolute atomic E-state index is 12.7. The van der Waals surface area contributed by atoms with Gasteiger partial charge in [-0.3, -0.25) is 9.69 Å². The average Bonchev–Trinajstić information content (AvgIpc) is 2.67. The van der Waals surface area contributed by atoms with Crippen LogP contribution < -0.4 is 4.74 Å². The molecule has 0 saturated carbocycles. The van der Waals surface area contributed by atoms with Gasteiger partial charge in [0, 0.05) is 12.2 Å². The maximum Gasteiger partial charge on any atom is 0.338 e. The third kappa shape index (κ3) is 4.24. The molecule has 1 amide bonds. The van der Waals surface area contributed by atoms with Crippen molar-refractivity contribution >= 4 is 28.8 Å². The molecule has 0 radical (unpaired) electrons. The summed E-state index contributed by atoms with van der Waals surface area (Å²) in [5.74, 6) is 1.55. The van der Waals surface area contributed by atoms with E-state index in [9.17, 15) is 9.59 Å². The van der Waals surface area contributed by atoms with Gasteiger partial charge in [0.15, 0.2) is 5.17 Å². The van der Waals surface area contributed by atoms with Crippen molar-refractivity contribution in [1.29, 1.82) is 0 Å². The van der Waals surface area contributed by atoms with E-state index >= 15 is 0 Å². The van der Waals surface area contributed by atoms with Crippen LogP contribution in [0.1, 0.15) is 45.2 Å². The van der Waals surface area contributed by atoms with Crippen LogP contribution in [-0.4, -0.2) is 41.4 Å². The van der Waals surface area contributed by atoms with Crippen LogP contribution in [0, 0.1) is 5.92 Å². The number of thioether (sulfide) groups is 1. The zero-order valence-electron chi connectivity index (χ0n) is 16.7. The van der Waals surface area contributed by atoms with Gasteiger partial charge in [-0.1, -0.05) is 37.7 Å². The van der Waals surface area contributed by atoms with Crippen LogP contribution >= 0.6 is 11.8 Å². The van der Waals surface area contributed by atoms with Gasteiger partial charge < -0.3 is 9.47 Å². The third-order valence-corrected chi connectivity index (χ3v) is 5.73. The number of hydrogen-bond acceptors (Lipinski definition) is 6. The van der Waals surface area contributed by atoms with E-state index in [-0.39, 0.29) is 5.91 Å². The Morgan fingerprint density at radius 3 is 2.68 bits per heavy atom. The zero-order valence-corrected chi connectivity index (χ0v) is 17.5. The number of hydrogen-bond donors (Lipinski definition) is 0. The Morgan fingerprint density at radius 2 is 2.04 bits per heavy atom. The molecule has 0 aromatic heterocycles. The number of carbonyl (C=O) groups excluding carboxylic acids is 2. The van der Waals surface area contributed by atoms with Crippen molar-refractivity contribution in [1.82, 2.24) is 4.90 Å². The number of methoxy groups -OCH3 is 1. The molecule has 6 nitrogen and oxygen atoms in total. The molecule has 1 fully saturated rings. The summed E-state index contributed by atoms with van der Waals surface area (Å²) in [6.45, 7) is 6.76. The van der Waals surface area contributed by atoms with Gasteiger partial charge >= 0.3 is 5.97 Å². The smallest absolute Gasteiger partial charge is 0.338 e. The lowest BCUT2D eigenvalue weighted by molar-refractivity contribution is -0.137. The molecular weight excluding hydrogens is 376 g/mol. The van der Waals surface area contributed by atoms with Crippen LogP contribution in [0.5, 0.6) is 5.75 Å². The molecule has 0 aliphatic carbocycles. The van der Waals surface area contributed by atoms with Gasteiger partial charge in [-0.25, -0.2) is 9.79 Å². The van der Waals surface area contributed by atoms with E-state index in [4.69, 9.17) is 9.47 Å². The number of ether oxygens (including phenoxy) is 2. The molecule has 2 heterocycles. The summed E-state index contributed by atoms with van der Waals surface area (Å²) in [6, 6.07) is 7.03. The van der Waals surface area contributed by atoms with Crippen LogP contribution in [0.3, 0.4) is 0 Å². The molecule has 2 aliphatic rings. The fraction of sp³-hybridized carbons (Fsp3) is 0.476. The highest BCUT2D eigenvalue weighted by molar-refractivity contribution is 8.14. The monoisotopic (exact) mass is 402 g/mol. The molecule has 1 unspecified atom stereocenters. The van der Waals surface area contributed by atoms with Gasteiger partial charge in [0.1, 0.15) is 5.75 Å². The molecule has 0 spiro atoms. The van der Waals surface area contributed by atoms with Crippen molar-refractivity contribution in [3.63, 3.8) is 0 Å². The summed E-state index contributed by atoms with van der Waals surface area (Å²) < 4.78 is 10.8. The second-order valence-electron chi connectivity index (χ2n) is 7.25. The molecule has 28 heavy (non-hydrogen) atoms. The highest BCUT2D eigenvalue weighted by Crippen LogP contribution is 2.40. The highest BCUT2D eigenvalue weighted by atomic mass is 32.2. The van der Waals surface area contributed by atoms with Crippen molar-refractivity contribution in [2.24, 2.45) is 10.9 Å². The van der Waals surface area contributed by atoms with E-state index in [0.29, 0.717) is 41.1 Å². The van der Waals surface area contributed by atoms with E-state index < -0.39 is 12.0 Å². The molecule has 1 atom stereocenters. The number of rotatable bonds is 6. The Morgan fingerprint density at radius 1 is 1.32 bits per heavy atom. The summed E-state index contributed by atoms with van der Waals surface area (Å²) in [7, 11) is 1.34. The van der Waals surface area contributed by atoms with Crippen LogP contribution in [0.2, 0.25) is 0 Å². The Labute approximate surface area is 170 Å². The summed E-state index contributed by atoms with van der Waals surface area (Å²) >= 11 is 1.54. The Kier molecular flexibility index (Phi) is 6.44. The summed E-state index contributed by atoms with van der Waals surface area (Å²) in [5.41, 5.74) is 1.82. The molecule has 150 valence electrons. The van der Waals surface area contributed by atoms with Crippen molar-refractivity contribution in [2.75, 3.05) is 19.5 Å². The number of carbonyl (C=O) groups is 2. The average molecular weight is 403 g/mol. The molecule has 2 aliphatic heterocycles. The third-order valence-electron chi connectivity index (χ3n) is 4.77. The first-order chi connectivity index (χ1) is 13.4. The molecule has 3 rings (SSSR count). The molecule has 1 aromatic carbocycles. The number of aliphatic imine (C=N–C) groups is 1. The van der Waals surface area contributed by atoms with Gasteiger partial charge in [-0.15, -0.1) is 0 Å². The van der Waals surface area contributed by atoms with Crippen molar-refractivity contribution in [2.45, 2.75) is 39.7 Å². The largest absolute Gasteiger partial charge is 0.494 e. The minimum atomic E-state index is -0.537. The van der Waals surface area contributed by atoms with Crippen molar-refractivity contribution < 1.29 is 19.1 Å². The van der Waals surface area contributed by atoms with Crippen LogP contribution in [0.15, 0.2) is 40.5 Å². The van der Waals surface area contributed by atoms with Crippen molar-refractivity contribution in [3.8, 4) is 5.75 Å². The van der Waals surface area contributed by atoms with Crippen molar-refractivity contribution in [3.05, 3.63) is 41.1 Å². The number of benzene rings is 1. The fourth-order valence-electron chi connectivity index (χ4n) is 3.24. The molecule has 0 N–H and O–H groups in total. The summed E-state index contributed by atoms with van der Waals surface area (Å²) in [6.07, 6.45) is 1.40. The van der Waals surface area contributed by atoms with Gasteiger partial charge in [0.05, 0.1) is 31.0 Å². The number of nitrogens with zero attached hydrogens (tertiary/aromatic N) is 2. The number of fused-ring (bicyclic) bond motifs is 1. The predicted molar refractivity (Wildman–Crippen MR) is 110 cm³/mol. The minimum absolute atomic E-state index is 0.0336. The Balaban J connectivity index is 1.93.